The molecule has 0 aliphatic carbocycles. The number of nitrogens with zero attached hydrogens (tertiary/aromatic N) is 1. The average molecular weight is 364 g/mol. The van der Waals surface area contributed by atoms with Crippen LogP contribution in [0.25, 0.3) is 12.2 Å². The lowest BCUT2D eigenvalue weighted by Crippen LogP contribution is -2.26. The maximum atomic E-state index is 11.7. The summed E-state index contributed by atoms with van der Waals surface area (Å²) in [6.45, 7) is 1.51. The van der Waals surface area contributed by atoms with Crippen LogP contribution in [-0.4, -0.2) is 18.0 Å². The van der Waals surface area contributed by atoms with E-state index >= 15 is 0 Å². The minimum absolute atomic E-state index is 0.102. The number of nitrogens with one attached hydrogen (secondary N) is 1. The molecule has 0 spiro atoms. The van der Waals surface area contributed by atoms with Gasteiger partial charge in [-0.25, -0.2) is 4.98 Å². The van der Waals surface area contributed by atoms with Gasteiger partial charge in [0.25, 0.3) is 0 Å². The molecule has 4 nitrogen and oxygen atoms in total. The smallest absolute Gasteiger partial charge is 0.217 e. The Hall–Kier alpha value is -2.92. The van der Waals surface area contributed by atoms with Gasteiger partial charge in [-0.3, -0.25) is 4.79 Å². The van der Waals surface area contributed by atoms with Crippen LogP contribution in [0.3, 0.4) is 0 Å². The van der Waals surface area contributed by atoms with E-state index < -0.39 is 0 Å². The van der Waals surface area contributed by atoms with Gasteiger partial charge in [-0.2, -0.15) is 0 Å². The summed E-state index contributed by atoms with van der Waals surface area (Å²) in [4.78, 5) is 16.4. The molecule has 1 heterocycles. The van der Waals surface area contributed by atoms with Gasteiger partial charge >= 0.3 is 0 Å². The fourth-order valence-corrected chi connectivity index (χ4v) is 3.43. The van der Waals surface area contributed by atoms with Gasteiger partial charge < -0.3 is 10.1 Å². The van der Waals surface area contributed by atoms with Crippen molar-refractivity contribution in [3.8, 4) is 5.75 Å². The van der Waals surface area contributed by atoms with Crippen LogP contribution in [0.15, 0.2) is 60.0 Å². The topological polar surface area (TPSA) is 51.2 Å². The summed E-state index contributed by atoms with van der Waals surface area (Å²) in [5.41, 5.74) is 2.92. The first-order chi connectivity index (χ1) is 12.7. The fourth-order valence-electron chi connectivity index (χ4n) is 2.57. The highest BCUT2D eigenvalue weighted by molar-refractivity contribution is 7.09. The molecule has 5 heteroatoms. The molecular formula is C21H20N2O2S. The number of carbonyl (C=O) groups excluding carboxylic acids is 1. The normalized spacial score (nSPS) is 12.1. The summed E-state index contributed by atoms with van der Waals surface area (Å²) < 4.78 is 5.30. The second-order valence-corrected chi connectivity index (χ2v) is 6.65. The van der Waals surface area contributed by atoms with Crippen LogP contribution in [0.2, 0.25) is 0 Å². The minimum Gasteiger partial charge on any atom is -0.497 e. The van der Waals surface area contributed by atoms with Crippen LogP contribution >= 0.6 is 11.3 Å². The van der Waals surface area contributed by atoms with E-state index in [1.54, 1.807) is 7.11 Å². The number of methoxy groups -OCH3 is 1. The number of aromatic nitrogens is 1. The monoisotopic (exact) mass is 364 g/mol. The molecule has 0 saturated heterocycles. The van der Waals surface area contributed by atoms with Gasteiger partial charge in [0, 0.05) is 12.3 Å². The molecule has 0 aliphatic rings. The van der Waals surface area contributed by atoms with Gasteiger partial charge in [-0.15, -0.1) is 11.3 Å². The first-order valence-corrected chi connectivity index (χ1v) is 9.13. The number of rotatable bonds is 6. The minimum atomic E-state index is -0.300. The van der Waals surface area contributed by atoms with Crippen molar-refractivity contribution in [2.75, 3.05) is 7.11 Å². The second-order valence-electron chi connectivity index (χ2n) is 5.76. The standard InChI is InChI=1S/C21H20N2O2S/c1-15(24)22-20(17-9-6-10-19(13-17)25-2)21-23-18(14-26-21)12-11-16-7-4-3-5-8-16/h3-14,20H,1-2H3,(H,22,24)/b12-11+. The zero-order valence-electron chi connectivity index (χ0n) is 14.7. The Morgan fingerprint density at radius 2 is 1.96 bits per heavy atom. The van der Waals surface area contributed by atoms with Crippen molar-refractivity contribution < 1.29 is 9.53 Å². The van der Waals surface area contributed by atoms with Crippen molar-refractivity contribution >= 4 is 29.4 Å². The Balaban J connectivity index is 1.87. The average Bonchev–Trinajstić information content (AvgIpc) is 3.14. The molecule has 1 N–H and O–H groups in total. The molecule has 0 saturated carbocycles. The zero-order chi connectivity index (χ0) is 18.4. The van der Waals surface area contributed by atoms with Crippen LogP contribution < -0.4 is 10.1 Å². The van der Waals surface area contributed by atoms with Gasteiger partial charge in [0.1, 0.15) is 16.8 Å². The van der Waals surface area contributed by atoms with Crippen LogP contribution in [0.5, 0.6) is 5.75 Å². The van der Waals surface area contributed by atoms with E-state index in [2.05, 4.69) is 10.3 Å². The maximum Gasteiger partial charge on any atom is 0.217 e. The van der Waals surface area contributed by atoms with Crippen molar-refractivity contribution in [1.82, 2.24) is 10.3 Å². The number of hydrogen-bond donors (Lipinski definition) is 1. The third-order valence-corrected chi connectivity index (χ3v) is 4.74. The highest BCUT2D eigenvalue weighted by Gasteiger charge is 2.19. The number of amides is 1. The van der Waals surface area contributed by atoms with Gasteiger partial charge in [0.05, 0.1) is 12.8 Å². The molecule has 1 aromatic heterocycles. The summed E-state index contributed by atoms with van der Waals surface area (Å²) in [6, 6.07) is 17.4. The highest BCUT2D eigenvalue weighted by atomic mass is 32.1. The lowest BCUT2D eigenvalue weighted by molar-refractivity contribution is -0.119. The molecule has 0 aliphatic heterocycles. The largest absolute Gasteiger partial charge is 0.497 e. The van der Waals surface area contributed by atoms with E-state index in [1.807, 2.05) is 72.1 Å². The summed E-state index contributed by atoms with van der Waals surface area (Å²) in [5, 5.41) is 5.80. The summed E-state index contributed by atoms with van der Waals surface area (Å²) >= 11 is 1.53. The van der Waals surface area contributed by atoms with Crippen molar-refractivity contribution in [3.63, 3.8) is 0 Å². The summed E-state index contributed by atoms with van der Waals surface area (Å²) in [7, 11) is 1.63. The van der Waals surface area contributed by atoms with Crippen molar-refractivity contribution in [2.24, 2.45) is 0 Å². The first kappa shape index (κ1) is 17.9. The van der Waals surface area contributed by atoms with E-state index in [0.717, 1.165) is 27.6 Å². The quantitative estimate of drug-likeness (QED) is 0.698. The van der Waals surface area contributed by atoms with E-state index in [4.69, 9.17) is 4.74 Å². The molecule has 132 valence electrons. The third kappa shape index (κ3) is 4.58. The van der Waals surface area contributed by atoms with Gasteiger partial charge in [-0.1, -0.05) is 48.5 Å². The van der Waals surface area contributed by atoms with Gasteiger partial charge in [0.15, 0.2) is 0 Å². The van der Waals surface area contributed by atoms with Crippen LogP contribution in [0.4, 0.5) is 0 Å². The molecule has 1 amide bonds. The van der Waals surface area contributed by atoms with E-state index in [1.165, 1.54) is 18.3 Å². The first-order valence-electron chi connectivity index (χ1n) is 8.25. The Morgan fingerprint density at radius 1 is 1.15 bits per heavy atom. The summed E-state index contributed by atoms with van der Waals surface area (Å²) in [5.74, 6) is 0.646. The van der Waals surface area contributed by atoms with Crippen LogP contribution in [0.1, 0.15) is 34.8 Å². The highest BCUT2D eigenvalue weighted by Crippen LogP contribution is 2.28. The Labute approximate surface area is 157 Å². The molecule has 2 aromatic carbocycles. The lowest BCUT2D eigenvalue weighted by Gasteiger charge is -2.16. The number of hydrogen-bond acceptors (Lipinski definition) is 4. The van der Waals surface area contributed by atoms with E-state index in [-0.39, 0.29) is 11.9 Å². The number of benzene rings is 2. The molecule has 3 rings (SSSR count). The van der Waals surface area contributed by atoms with Crippen molar-refractivity contribution in [2.45, 2.75) is 13.0 Å². The van der Waals surface area contributed by atoms with E-state index in [0.29, 0.717) is 0 Å². The van der Waals surface area contributed by atoms with Crippen LogP contribution in [-0.2, 0) is 4.79 Å². The molecule has 0 bridgehead atoms. The second kappa shape index (κ2) is 8.45. The summed E-state index contributed by atoms with van der Waals surface area (Å²) in [6.07, 6.45) is 4.00. The number of carbonyl (C=O) groups is 1. The zero-order valence-corrected chi connectivity index (χ0v) is 15.5. The van der Waals surface area contributed by atoms with Gasteiger partial charge in [-0.05, 0) is 29.3 Å². The SMILES string of the molecule is COc1cccc(C(NC(C)=O)c2nc(/C=C/c3ccccc3)cs2)c1. The molecule has 3 aromatic rings. The fraction of sp³-hybridized carbons (Fsp3) is 0.143. The molecule has 0 fully saturated rings. The molecule has 1 atom stereocenters. The molecule has 26 heavy (non-hydrogen) atoms. The maximum absolute atomic E-state index is 11.7. The Kier molecular flexibility index (Phi) is 5.81. The van der Waals surface area contributed by atoms with Crippen LogP contribution in [0, 0.1) is 0 Å². The molecule has 0 radical (unpaired) electrons. The third-order valence-electron chi connectivity index (χ3n) is 3.81. The Bertz CT molecular complexity index is 903. The molecule has 1 unspecified atom stereocenters. The number of ether oxygens (including phenoxy) is 1. The lowest BCUT2D eigenvalue weighted by atomic mass is 10.1. The number of thiazole rings is 1. The molecular weight excluding hydrogens is 344 g/mol. The van der Waals surface area contributed by atoms with E-state index in [9.17, 15) is 4.79 Å². The van der Waals surface area contributed by atoms with Crippen molar-refractivity contribution in [1.29, 1.82) is 0 Å². The van der Waals surface area contributed by atoms with Crippen molar-refractivity contribution in [3.05, 3.63) is 81.8 Å². The predicted octanol–water partition coefficient (Wildman–Crippen LogP) is 4.55. The Morgan fingerprint density at radius 3 is 2.69 bits per heavy atom. The van der Waals surface area contributed by atoms with Gasteiger partial charge in [0.2, 0.25) is 5.91 Å². The predicted molar refractivity (Wildman–Crippen MR) is 106 cm³/mol.